The second-order valence-corrected chi connectivity index (χ2v) is 9.59. The topological polar surface area (TPSA) is 71.0 Å². The normalized spacial score (nSPS) is 25.1. The zero-order valence-corrected chi connectivity index (χ0v) is 19.4. The van der Waals surface area contributed by atoms with Gasteiger partial charge < -0.3 is 15.0 Å². The molecule has 0 aromatic heterocycles. The Balaban J connectivity index is 0.00000261. The van der Waals surface area contributed by atoms with E-state index in [1.807, 2.05) is 0 Å². The van der Waals surface area contributed by atoms with Crippen LogP contribution in [0.25, 0.3) is 0 Å². The van der Waals surface area contributed by atoms with Crippen molar-refractivity contribution in [3.63, 3.8) is 0 Å². The molecule has 2 unspecified atom stereocenters. The maximum absolute atomic E-state index is 11.6. The lowest BCUT2D eigenvalue weighted by atomic mass is 10.00. The van der Waals surface area contributed by atoms with Crippen LogP contribution in [0.2, 0.25) is 0 Å². The molecule has 1 aromatic carbocycles. The number of hydrogen-bond acceptors (Lipinski definition) is 4. The molecule has 2 atom stereocenters. The van der Waals surface area contributed by atoms with E-state index in [1.165, 1.54) is 16.7 Å². The van der Waals surface area contributed by atoms with Crippen LogP contribution in [0.4, 0.5) is 0 Å². The average molecular weight is 507 g/mol. The summed E-state index contributed by atoms with van der Waals surface area (Å²) in [6, 6.07) is 6.46. The van der Waals surface area contributed by atoms with Gasteiger partial charge in [0.15, 0.2) is 15.8 Å². The molecule has 2 heterocycles. The first-order chi connectivity index (χ1) is 12.4. The van der Waals surface area contributed by atoms with Crippen LogP contribution >= 0.6 is 24.0 Å². The first kappa shape index (κ1) is 22.4. The van der Waals surface area contributed by atoms with E-state index in [1.54, 1.807) is 7.05 Å². The van der Waals surface area contributed by atoms with Crippen LogP contribution in [-0.2, 0) is 14.6 Å². The molecule has 0 spiro atoms. The van der Waals surface area contributed by atoms with E-state index in [0.29, 0.717) is 18.9 Å². The minimum Gasteiger partial charge on any atom is -0.370 e. The molecule has 3 rings (SSSR count). The van der Waals surface area contributed by atoms with Crippen LogP contribution < -0.4 is 5.32 Å². The van der Waals surface area contributed by atoms with Gasteiger partial charge in [-0.25, -0.2) is 8.42 Å². The molecule has 6 nitrogen and oxygen atoms in total. The summed E-state index contributed by atoms with van der Waals surface area (Å²) < 4.78 is 29.3. The van der Waals surface area contributed by atoms with Gasteiger partial charge in [0, 0.05) is 20.1 Å². The van der Waals surface area contributed by atoms with Gasteiger partial charge in [-0.15, -0.1) is 24.0 Å². The number of sulfone groups is 1. The summed E-state index contributed by atoms with van der Waals surface area (Å²) in [7, 11) is -1.07. The van der Waals surface area contributed by atoms with Crippen molar-refractivity contribution in [2.45, 2.75) is 26.4 Å². The quantitative estimate of drug-likeness (QED) is 0.387. The summed E-state index contributed by atoms with van der Waals surface area (Å²) in [6.07, 6.45) is 0.760. The summed E-state index contributed by atoms with van der Waals surface area (Å²) in [6.45, 7) is 7.04. The second-order valence-electron chi connectivity index (χ2n) is 7.36. The highest BCUT2D eigenvalue weighted by Crippen LogP contribution is 2.26. The summed E-state index contributed by atoms with van der Waals surface area (Å²) in [5.74, 6) is 1.59. The second kappa shape index (κ2) is 9.56. The molecule has 1 aromatic rings. The number of aryl methyl sites for hydroxylation is 2. The van der Waals surface area contributed by atoms with Crippen molar-refractivity contribution in [2.24, 2.45) is 10.9 Å². The Morgan fingerprint density at radius 2 is 2.15 bits per heavy atom. The highest BCUT2D eigenvalue weighted by atomic mass is 127. The number of nitrogens with one attached hydrogen (secondary N) is 1. The highest BCUT2D eigenvalue weighted by molar-refractivity contribution is 14.0. The number of nitrogens with zero attached hydrogens (tertiary/aromatic N) is 2. The fraction of sp³-hybridized carbons (Fsp3) is 0.632. The Morgan fingerprint density at radius 1 is 1.37 bits per heavy atom. The molecule has 2 aliphatic rings. The Morgan fingerprint density at radius 3 is 2.78 bits per heavy atom. The average Bonchev–Trinajstić information content (AvgIpc) is 2.95. The molecule has 152 valence electrons. The molecule has 1 N–H and O–H groups in total. The maximum Gasteiger partial charge on any atom is 0.193 e. The van der Waals surface area contributed by atoms with Gasteiger partial charge in [0.05, 0.1) is 24.7 Å². The maximum atomic E-state index is 11.6. The zero-order chi connectivity index (χ0) is 18.7. The van der Waals surface area contributed by atoms with Gasteiger partial charge in [-0.1, -0.05) is 23.8 Å². The molecule has 0 aliphatic carbocycles. The van der Waals surface area contributed by atoms with Crippen molar-refractivity contribution in [3.8, 4) is 0 Å². The summed E-state index contributed by atoms with van der Waals surface area (Å²) >= 11 is 0. The van der Waals surface area contributed by atoms with E-state index in [9.17, 15) is 8.42 Å². The fourth-order valence-corrected chi connectivity index (χ4v) is 5.68. The number of morpholine rings is 1. The molecule has 0 radical (unpaired) electrons. The standard InChI is InChI=1S/C19H29N3O3S.HI/c1-14-4-5-17(15(2)10-14)18-12-22(7-8-25-18)19(20-3)21-11-16-6-9-26(23,24)13-16;/h4-5,10,16,18H,6-9,11-13H2,1-3H3,(H,20,21);1H. The van der Waals surface area contributed by atoms with Crippen LogP contribution in [0.5, 0.6) is 0 Å². The van der Waals surface area contributed by atoms with Gasteiger partial charge in [0.1, 0.15) is 6.10 Å². The highest BCUT2D eigenvalue weighted by Gasteiger charge is 2.29. The van der Waals surface area contributed by atoms with Gasteiger partial charge in [0.2, 0.25) is 0 Å². The molecule has 8 heteroatoms. The molecule has 0 bridgehead atoms. The smallest absolute Gasteiger partial charge is 0.193 e. The number of benzene rings is 1. The predicted octanol–water partition coefficient (Wildman–Crippen LogP) is 2.30. The van der Waals surface area contributed by atoms with Gasteiger partial charge in [0.25, 0.3) is 0 Å². The van der Waals surface area contributed by atoms with E-state index in [2.05, 4.69) is 47.3 Å². The third kappa shape index (κ3) is 5.80. The van der Waals surface area contributed by atoms with Crippen LogP contribution in [0.3, 0.4) is 0 Å². The van der Waals surface area contributed by atoms with Crippen molar-refractivity contribution in [1.29, 1.82) is 0 Å². The number of aliphatic imine (C=N–C) groups is 1. The van der Waals surface area contributed by atoms with E-state index in [-0.39, 0.29) is 41.8 Å². The third-order valence-corrected chi connectivity index (χ3v) is 7.06. The van der Waals surface area contributed by atoms with Gasteiger partial charge in [-0.05, 0) is 37.3 Å². The number of rotatable bonds is 3. The summed E-state index contributed by atoms with van der Waals surface area (Å²) in [4.78, 5) is 6.61. The van der Waals surface area contributed by atoms with Crippen LogP contribution in [-0.4, -0.2) is 64.1 Å². The van der Waals surface area contributed by atoms with E-state index in [4.69, 9.17) is 4.74 Å². The lowest BCUT2D eigenvalue weighted by Crippen LogP contribution is -2.49. The van der Waals surface area contributed by atoms with Gasteiger partial charge in [-0.3, -0.25) is 4.99 Å². The molecular formula is C19H30IN3O3S. The molecule has 27 heavy (non-hydrogen) atoms. The van der Waals surface area contributed by atoms with Crippen LogP contribution in [0.1, 0.15) is 29.2 Å². The van der Waals surface area contributed by atoms with E-state index >= 15 is 0 Å². The number of ether oxygens (including phenoxy) is 1. The molecule has 2 aliphatic heterocycles. The molecule has 2 fully saturated rings. The van der Waals surface area contributed by atoms with E-state index in [0.717, 1.165) is 25.5 Å². The zero-order valence-electron chi connectivity index (χ0n) is 16.3. The minimum absolute atomic E-state index is 0. The van der Waals surface area contributed by atoms with Crippen molar-refractivity contribution in [1.82, 2.24) is 10.2 Å². The largest absolute Gasteiger partial charge is 0.370 e. The Hall–Kier alpha value is -0.870. The van der Waals surface area contributed by atoms with Crippen molar-refractivity contribution < 1.29 is 13.2 Å². The lowest BCUT2D eigenvalue weighted by Gasteiger charge is -2.36. The van der Waals surface area contributed by atoms with Crippen molar-refractivity contribution in [3.05, 3.63) is 34.9 Å². The van der Waals surface area contributed by atoms with Crippen molar-refractivity contribution >= 4 is 39.8 Å². The lowest BCUT2D eigenvalue weighted by molar-refractivity contribution is -0.00835. The first-order valence-corrected chi connectivity index (χ1v) is 11.0. The monoisotopic (exact) mass is 507 g/mol. The molecule has 0 saturated carbocycles. The van der Waals surface area contributed by atoms with Gasteiger partial charge in [-0.2, -0.15) is 0 Å². The Labute approximate surface area is 179 Å². The van der Waals surface area contributed by atoms with Crippen molar-refractivity contribution in [2.75, 3.05) is 44.8 Å². The molecule has 0 amide bonds. The summed E-state index contributed by atoms with van der Waals surface area (Å²) in [5.41, 5.74) is 3.72. The predicted molar refractivity (Wildman–Crippen MR) is 120 cm³/mol. The fourth-order valence-electron chi connectivity index (χ4n) is 3.82. The van der Waals surface area contributed by atoms with E-state index < -0.39 is 9.84 Å². The minimum atomic E-state index is -2.84. The number of halogens is 1. The SMILES string of the molecule is CN=C(NCC1CCS(=O)(=O)C1)N1CCOC(c2ccc(C)cc2C)C1.I. The third-order valence-electron chi connectivity index (χ3n) is 5.23. The first-order valence-electron chi connectivity index (χ1n) is 9.23. The van der Waals surface area contributed by atoms with Gasteiger partial charge >= 0.3 is 0 Å². The number of guanidine groups is 1. The molecule has 2 saturated heterocycles. The Kier molecular flexibility index (Phi) is 7.94. The van der Waals surface area contributed by atoms with Crippen LogP contribution in [0, 0.1) is 19.8 Å². The number of hydrogen-bond donors (Lipinski definition) is 1. The Bertz CT molecular complexity index is 782. The summed E-state index contributed by atoms with van der Waals surface area (Å²) in [5, 5.41) is 3.37. The molecular weight excluding hydrogens is 477 g/mol. The van der Waals surface area contributed by atoms with Crippen LogP contribution in [0.15, 0.2) is 23.2 Å².